The molecule has 16 heavy (non-hydrogen) atoms. The van der Waals surface area contributed by atoms with Crippen LogP contribution < -0.4 is 0 Å². The minimum absolute atomic E-state index is 0.211. The van der Waals surface area contributed by atoms with Crippen LogP contribution in [0, 0.1) is 5.82 Å². The molecule has 4 heteroatoms. The van der Waals surface area contributed by atoms with E-state index in [0.717, 1.165) is 11.8 Å². The van der Waals surface area contributed by atoms with Gasteiger partial charge in [-0.2, -0.15) is 0 Å². The first-order valence-corrected chi connectivity index (χ1v) is 5.15. The van der Waals surface area contributed by atoms with E-state index in [2.05, 4.69) is 0 Å². The molecule has 0 unspecified atom stereocenters. The number of hydrogen-bond donors (Lipinski definition) is 1. The van der Waals surface area contributed by atoms with Crippen molar-refractivity contribution >= 4 is 16.9 Å². The van der Waals surface area contributed by atoms with Crippen molar-refractivity contribution in [3.63, 3.8) is 0 Å². The van der Waals surface area contributed by atoms with E-state index in [-0.39, 0.29) is 11.5 Å². The van der Waals surface area contributed by atoms with E-state index in [1.165, 1.54) is 12.1 Å². The Morgan fingerprint density at radius 2 is 2.19 bits per heavy atom. The van der Waals surface area contributed by atoms with Gasteiger partial charge in [0.1, 0.15) is 11.5 Å². The van der Waals surface area contributed by atoms with Crippen molar-refractivity contribution in [3.05, 3.63) is 35.8 Å². The van der Waals surface area contributed by atoms with Gasteiger partial charge in [0.15, 0.2) is 0 Å². The van der Waals surface area contributed by atoms with E-state index in [0.29, 0.717) is 12.1 Å². The number of nitrogens with zero attached hydrogens (tertiary/aromatic N) is 1. The average Bonchev–Trinajstić information content (AvgIpc) is 2.58. The highest BCUT2D eigenvalue weighted by atomic mass is 19.1. The van der Waals surface area contributed by atoms with Crippen LogP contribution in [0.4, 0.5) is 4.39 Å². The Morgan fingerprint density at radius 3 is 2.81 bits per heavy atom. The molecule has 1 N–H and O–H groups in total. The minimum atomic E-state index is -0.981. The van der Waals surface area contributed by atoms with Gasteiger partial charge in [-0.25, -0.2) is 9.18 Å². The summed E-state index contributed by atoms with van der Waals surface area (Å²) < 4.78 is 14.7. The first-order chi connectivity index (χ1) is 7.63. The Hall–Kier alpha value is -1.84. The van der Waals surface area contributed by atoms with Crippen molar-refractivity contribution in [1.29, 1.82) is 0 Å². The Bertz CT molecular complexity index is 545. The van der Waals surface area contributed by atoms with Gasteiger partial charge in [0.2, 0.25) is 0 Å². The van der Waals surface area contributed by atoms with Crippen LogP contribution in [-0.2, 0) is 6.54 Å². The Labute approximate surface area is 92.1 Å². The van der Waals surface area contributed by atoms with Crippen LogP contribution >= 0.6 is 0 Å². The van der Waals surface area contributed by atoms with E-state index in [4.69, 9.17) is 5.11 Å². The number of carboxylic acid groups (broad SMARTS) is 1. The average molecular weight is 221 g/mol. The van der Waals surface area contributed by atoms with Crippen LogP contribution in [0.1, 0.15) is 23.8 Å². The summed E-state index contributed by atoms with van der Waals surface area (Å²) in [5.41, 5.74) is 0.849. The number of aromatic nitrogens is 1. The SMILES string of the molecule is CCCn1c(C(=O)O)cc2ccc(F)cc21. The molecule has 0 atom stereocenters. The third-order valence-electron chi connectivity index (χ3n) is 2.53. The molecular formula is C12H12FNO2. The maximum absolute atomic E-state index is 13.1. The van der Waals surface area contributed by atoms with Crippen LogP contribution in [0.5, 0.6) is 0 Å². The first-order valence-electron chi connectivity index (χ1n) is 5.15. The lowest BCUT2D eigenvalue weighted by Gasteiger charge is -2.05. The van der Waals surface area contributed by atoms with Crippen molar-refractivity contribution in [2.75, 3.05) is 0 Å². The molecule has 0 aliphatic rings. The number of halogens is 1. The number of carboxylic acids is 1. The standard InChI is InChI=1S/C12H12FNO2/c1-2-5-14-10-7-9(13)4-3-8(10)6-11(14)12(15)16/h3-4,6-7H,2,5H2,1H3,(H,15,16). The number of carbonyl (C=O) groups is 1. The Morgan fingerprint density at radius 1 is 1.44 bits per heavy atom. The first kappa shape index (κ1) is 10.7. The van der Waals surface area contributed by atoms with Gasteiger partial charge >= 0.3 is 5.97 Å². The van der Waals surface area contributed by atoms with E-state index in [1.54, 1.807) is 16.7 Å². The third kappa shape index (κ3) is 1.66. The number of aryl methyl sites for hydroxylation is 1. The molecule has 0 aliphatic heterocycles. The fourth-order valence-corrected chi connectivity index (χ4v) is 1.87. The fraction of sp³-hybridized carbons (Fsp3) is 0.250. The molecule has 2 aromatic rings. The fourth-order valence-electron chi connectivity index (χ4n) is 1.87. The predicted molar refractivity (Wildman–Crippen MR) is 59.1 cm³/mol. The zero-order chi connectivity index (χ0) is 11.7. The van der Waals surface area contributed by atoms with Crippen molar-refractivity contribution in [1.82, 2.24) is 4.57 Å². The highest BCUT2D eigenvalue weighted by Crippen LogP contribution is 2.21. The summed E-state index contributed by atoms with van der Waals surface area (Å²) in [6.07, 6.45) is 0.806. The molecule has 3 nitrogen and oxygen atoms in total. The molecule has 1 aromatic carbocycles. The predicted octanol–water partition coefficient (Wildman–Crippen LogP) is 2.89. The lowest BCUT2D eigenvalue weighted by atomic mass is 10.2. The molecule has 0 bridgehead atoms. The van der Waals surface area contributed by atoms with Gasteiger partial charge in [-0.05, 0) is 30.7 Å². The molecule has 0 fully saturated rings. The normalized spacial score (nSPS) is 10.9. The summed E-state index contributed by atoms with van der Waals surface area (Å²) in [7, 11) is 0. The highest BCUT2D eigenvalue weighted by Gasteiger charge is 2.14. The zero-order valence-corrected chi connectivity index (χ0v) is 8.90. The van der Waals surface area contributed by atoms with Gasteiger partial charge < -0.3 is 9.67 Å². The van der Waals surface area contributed by atoms with Gasteiger partial charge in [-0.1, -0.05) is 6.92 Å². The number of benzene rings is 1. The molecule has 1 aromatic heterocycles. The van der Waals surface area contributed by atoms with Gasteiger partial charge in [-0.15, -0.1) is 0 Å². The van der Waals surface area contributed by atoms with Gasteiger partial charge in [0, 0.05) is 11.9 Å². The van der Waals surface area contributed by atoms with Gasteiger partial charge in [0.25, 0.3) is 0 Å². The molecule has 0 radical (unpaired) electrons. The van der Waals surface area contributed by atoms with Crippen molar-refractivity contribution in [3.8, 4) is 0 Å². The minimum Gasteiger partial charge on any atom is -0.477 e. The summed E-state index contributed by atoms with van der Waals surface area (Å²) in [6.45, 7) is 2.53. The van der Waals surface area contributed by atoms with E-state index in [9.17, 15) is 9.18 Å². The zero-order valence-electron chi connectivity index (χ0n) is 8.90. The molecule has 0 saturated carbocycles. The van der Waals surface area contributed by atoms with Crippen molar-refractivity contribution < 1.29 is 14.3 Å². The largest absolute Gasteiger partial charge is 0.477 e. The molecule has 2 rings (SSSR count). The summed E-state index contributed by atoms with van der Waals surface area (Å²) in [5, 5.41) is 9.80. The monoisotopic (exact) mass is 221 g/mol. The molecule has 0 amide bonds. The van der Waals surface area contributed by atoms with Crippen LogP contribution in [0.15, 0.2) is 24.3 Å². The van der Waals surface area contributed by atoms with Gasteiger partial charge in [0.05, 0.1) is 5.52 Å². The number of fused-ring (bicyclic) bond motifs is 1. The van der Waals surface area contributed by atoms with Crippen molar-refractivity contribution in [2.24, 2.45) is 0 Å². The molecule has 0 spiro atoms. The molecule has 1 heterocycles. The quantitative estimate of drug-likeness (QED) is 0.865. The van der Waals surface area contributed by atoms with E-state index < -0.39 is 5.97 Å². The Balaban J connectivity index is 2.71. The molecule has 84 valence electrons. The summed E-state index contributed by atoms with van der Waals surface area (Å²) in [4.78, 5) is 11.0. The highest BCUT2D eigenvalue weighted by molar-refractivity contribution is 5.94. The third-order valence-corrected chi connectivity index (χ3v) is 2.53. The van der Waals surface area contributed by atoms with Gasteiger partial charge in [-0.3, -0.25) is 0 Å². The number of hydrogen-bond acceptors (Lipinski definition) is 1. The maximum atomic E-state index is 13.1. The van der Waals surface area contributed by atoms with Crippen LogP contribution in [0.2, 0.25) is 0 Å². The Kier molecular flexibility index (Phi) is 2.64. The molecular weight excluding hydrogens is 209 g/mol. The summed E-state index contributed by atoms with van der Waals surface area (Å²) >= 11 is 0. The molecule has 0 saturated heterocycles. The van der Waals surface area contributed by atoms with Crippen molar-refractivity contribution in [2.45, 2.75) is 19.9 Å². The second-order valence-electron chi connectivity index (χ2n) is 3.69. The number of aromatic carboxylic acids is 1. The lowest BCUT2D eigenvalue weighted by Crippen LogP contribution is -2.07. The van der Waals surface area contributed by atoms with E-state index in [1.807, 2.05) is 6.92 Å². The smallest absolute Gasteiger partial charge is 0.352 e. The second-order valence-corrected chi connectivity index (χ2v) is 3.69. The van der Waals surface area contributed by atoms with Crippen LogP contribution in [-0.4, -0.2) is 15.6 Å². The second kappa shape index (κ2) is 3.96. The lowest BCUT2D eigenvalue weighted by molar-refractivity contribution is 0.0685. The summed E-state index contributed by atoms with van der Waals surface area (Å²) in [6, 6.07) is 5.89. The van der Waals surface area contributed by atoms with E-state index >= 15 is 0 Å². The molecule has 0 aliphatic carbocycles. The number of rotatable bonds is 3. The van der Waals surface area contributed by atoms with Crippen LogP contribution in [0.3, 0.4) is 0 Å². The topological polar surface area (TPSA) is 42.2 Å². The van der Waals surface area contributed by atoms with Crippen LogP contribution in [0.25, 0.3) is 10.9 Å². The maximum Gasteiger partial charge on any atom is 0.352 e. The summed E-state index contributed by atoms with van der Waals surface area (Å²) in [5.74, 6) is -1.33.